The molecule has 0 aromatic carbocycles. The molecule has 0 aliphatic carbocycles. The predicted molar refractivity (Wildman–Crippen MR) is 53.0 cm³/mol. The molecule has 0 amide bonds. The molecular formula is C9H12N4O. The van der Waals surface area contributed by atoms with Crippen LogP contribution in [0.2, 0.25) is 0 Å². The van der Waals surface area contributed by atoms with Crippen LogP contribution in [0.4, 0.5) is 5.82 Å². The summed E-state index contributed by atoms with van der Waals surface area (Å²) in [6.45, 7) is 0.517. The summed E-state index contributed by atoms with van der Waals surface area (Å²) in [4.78, 5) is 17.2. The highest BCUT2D eigenvalue weighted by Gasteiger charge is 2.07. The lowest BCUT2D eigenvalue weighted by molar-refractivity contribution is 0.801. The molecule has 0 N–H and O–H groups in total. The van der Waals surface area contributed by atoms with E-state index in [-0.39, 0.29) is 5.56 Å². The summed E-state index contributed by atoms with van der Waals surface area (Å²) < 4.78 is 1.46. The fraction of sp³-hybridized carbons (Fsp3) is 0.444. The van der Waals surface area contributed by atoms with Gasteiger partial charge >= 0.3 is 0 Å². The van der Waals surface area contributed by atoms with Gasteiger partial charge in [-0.3, -0.25) is 4.79 Å². The summed E-state index contributed by atoms with van der Waals surface area (Å²) in [6, 6.07) is 2.02. The fourth-order valence-electron chi connectivity index (χ4n) is 1.07. The van der Waals surface area contributed by atoms with Gasteiger partial charge in [0.15, 0.2) is 5.82 Å². The van der Waals surface area contributed by atoms with Crippen LogP contribution < -0.4 is 10.5 Å². The summed E-state index contributed by atoms with van der Waals surface area (Å²) in [6.07, 6.45) is 3.56. The summed E-state index contributed by atoms with van der Waals surface area (Å²) in [5.74, 6) is 0.380. The number of hydrogen-bond acceptors (Lipinski definition) is 4. The van der Waals surface area contributed by atoms with Gasteiger partial charge in [0.1, 0.15) is 0 Å². The number of rotatable bonds is 3. The lowest BCUT2D eigenvalue weighted by Crippen LogP contribution is -2.29. The number of nitriles is 1. The van der Waals surface area contributed by atoms with Gasteiger partial charge in [-0.1, -0.05) is 0 Å². The van der Waals surface area contributed by atoms with E-state index in [4.69, 9.17) is 5.26 Å². The molecule has 5 heteroatoms. The van der Waals surface area contributed by atoms with Crippen molar-refractivity contribution in [2.24, 2.45) is 7.05 Å². The maximum Gasteiger partial charge on any atom is 0.293 e. The van der Waals surface area contributed by atoms with Crippen molar-refractivity contribution in [2.75, 3.05) is 18.5 Å². The first-order chi connectivity index (χ1) is 6.66. The summed E-state index contributed by atoms with van der Waals surface area (Å²) >= 11 is 0. The van der Waals surface area contributed by atoms with Gasteiger partial charge in [-0.15, -0.1) is 0 Å². The maximum atomic E-state index is 11.5. The Morgan fingerprint density at radius 3 is 3.07 bits per heavy atom. The molecule has 74 valence electrons. The first-order valence-electron chi connectivity index (χ1n) is 4.26. The molecule has 0 aliphatic rings. The molecule has 0 radical (unpaired) electrons. The van der Waals surface area contributed by atoms with Gasteiger partial charge in [0.25, 0.3) is 5.56 Å². The second kappa shape index (κ2) is 4.42. The Morgan fingerprint density at radius 2 is 2.43 bits per heavy atom. The smallest absolute Gasteiger partial charge is 0.293 e. The quantitative estimate of drug-likeness (QED) is 0.683. The van der Waals surface area contributed by atoms with Crippen LogP contribution in [0.25, 0.3) is 0 Å². The Kier molecular flexibility index (Phi) is 3.24. The zero-order valence-corrected chi connectivity index (χ0v) is 8.27. The molecule has 0 unspecified atom stereocenters. The van der Waals surface area contributed by atoms with Gasteiger partial charge in [-0.05, 0) is 0 Å². The second-order valence-electron chi connectivity index (χ2n) is 3.00. The van der Waals surface area contributed by atoms with Crippen molar-refractivity contribution >= 4 is 5.82 Å². The minimum atomic E-state index is -0.145. The molecule has 0 bridgehead atoms. The van der Waals surface area contributed by atoms with Crippen LogP contribution in [0, 0.1) is 11.3 Å². The third-order valence-corrected chi connectivity index (χ3v) is 1.92. The average molecular weight is 192 g/mol. The lowest BCUT2D eigenvalue weighted by Gasteiger charge is -2.15. The van der Waals surface area contributed by atoms with Crippen molar-refractivity contribution in [2.45, 2.75) is 6.42 Å². The highest BCUT2D eigenvalue weighted by molar-refractivity contribution is 5.34. The van der Waals surface area contributed by atoms with E-state index >= 15 is 0 Å². The van der Waals surface area contributed by atoms with E-state index in [9.17, 15) is 4.79 Å². The van der Waals surface area contributed by atoms with E-state index in [2.05, 4.69) is 4.98 Å². The van der Waals surface area contributed by atoms with Crippen molar-refractivity contribution in [3.8, 4) is 6.07 Å². The van der Waals surface area contributed by atoms with Gasteiger partial charge in [0.2, 0.25) is 0 Å². The topological polar surface area (TPSA) is 61.9 Å². The van der Waals surface area contributed by atoms with Crippen LogP contribution in [0.5, 0.6) is 0 Å². The van der Waals surface area contributed by atoms with Crippen LogP contribution >= 0.6 is 0 Å². The predicted octanol–water partition coefficient (Wildman–Crippen LogP) is 0.130. The van der Waals surface area contributed by atoms with Crippen LogP contribution in [-0.2, 0) is 7.05 Å². The van der Waals surface area contributed by atoms with Gasteiger partial charge in [-0.2, -0.15) is 5.26 Å². The Morgan fingerprint density at radius 1 is 1.71 bits per heavy atom. The lowest BCUT2D eigenvalue weighted by atomic mass is 10.4. The van der Waals surface area contributed by atoms with Crippen LogP contribution in [0.15, 0.2) is 17.2 Å². The van der Waals surface area contributed by atoms with Crippen molar-refractivity contribution in [1.29, 1.82) is 5.26 Å². The monoisotopic (exact) mass is 192 g/mol. The highest BCUT2D eigenvalue weighted by atomic mass is 16.1. The summed E-state index contributed by atoms with van der Waals surface area (Å²) in [5.41, 5.74) is -0.145. The molecule has 0 saturated carbocycles. The molecule has 1 aromatic heterocycles. The first kappa shape index (κ1) is 10.3. The number of aromatic nitrogens is 2. The van der Waals surface area contributed by atoms with Gasteiger partial charge in [-0.25, -0.2) is 4.98 Å². The molecule has 0 saturated heterocycles. The second-order valence-corrected chi connectivity index (χ2v) is 3.00. The molecule has 1 aromatic rings. The van der Waals surface area contributed by atoms with Crippen molar-refractivity contribution in [3.05, 3.63) is 22.7 Å². The highest BCUT2D eigenvalue weighted by Crippen LogP contribution is 1.99. The van der Waals surface area contributed by atoms with Crippen LogP contribution in [0.3, 0.4) is 0 Å². The number of anilines is 1. The molecular weight excluding hydrogens is 180 g/mol. The number of aryl methyl sites for hydroxylation is 1. The number of nitrogens with zero attached hydrogens (tertiary/aromatic N) is 4. The summed E-state index contributed by atoms with van der Waals surface area (Å²) in [7, 11) is 3.42. The molecule has 5 nitrogen and oxygen atoms in total. The van der Waals surface area contributed by atoms with E-state index < -0.39 is 0 Å². The van der Waals surface area contributed by atoms with Gasteiger partial charge < -0.3 is 9.47 Å². The minimum Gasteiger partial charge on any atom is -0.354 e. The molecule has 0 aliphatic heterocycles. The Balaban J connectivity index is 2.91. The minimum absolute atomic E-state index is 0.145. The SMILES string of the molecule is CN(CCC#N)c1nccn(C)c1=O. The third kappa shape index (κ3) is 2.10. The Labute approximate surface area is 82.2 Å². The van der Waals surface area contributed by atoms with E-state index in [1.54, 1.807) is 31.4 Å². The fourth-order valence-corrected chi connectivity index (χ4v) is 1.07. The average Bonchev–Trinajstić information content (AvgIpc) is 2.18. The molecule has 0 atom stereocenters. The van der Waals surface area contributed by atoms with Crippen molar-refractivity contribution < 1.29 is 0 Å². The Bertz CT molecular complexity index is 404. The van der Waals surface area contributed by atoms with Gasteiger partial charge in [0.05, 0.1) is 12.5 Å². The maximum absolute atomic E-state index is 11.5. The standard InChI is InChI=1S/C9H12N4O/c1-12(6-3-4-10)8-9(14)13(2)7-5-11-8/h5,7H,3,6H2,1-2H3. The van der Waals surface area contributed by atoms with E-state index in [1.165, 1.54) is 4.57 Å². The van der Waals surface area contributed by atoms with Crippen LogP contribution in [-0.4, -0.2) is 23.1 Å². The number of hydrogen-bond donors (Lipinski definition) is 0. The van der Waals surface area contributed by atoms with E-state index in [0.29, 0.717) is 18.8 Å². The molecule has 0 fully saturated rings. The largest absolute Gasteiger partial charge is 0.354 e. The molecule has 1 rings (SSSR count). The normalized spacial score (nSPS) is 9.50. The van der Waals surface area contributed by atoms with E-state index in [1.807, 2.05) is 6.07 Å². The van der Waals surface area contributed by atoms with E-state index in [0.717, 1.165) is 0 Å². The molecule has 1 heterocycles. The summed E-state index contributed by atoms with van der Waals surface area (Å²) in [5, 5.41) is 8.41. The van der Waals surface area contributed by atoms with Crippen molar-refractivity contribution in [1.82, 2.24) is 9.55 Å². The zero-order chi connectivity index (χ0) is 10.6. The zero-order valence-electron chi connectivity index (χ0n) is 8.27. The van der Waals surface area contributed by atoms with Crippen molar-refractivity contribution in [3.63, 3.8) is 0 Å². The third-order valence-electron chi connectivity index (χ3n) is 1.92. The molecule has 0 spiro atoms. The first-order valence-corrected chi connectivity index (χ1v) is 4.26. The van der Waals surface area contributed by atoms with Crippen LogP contribution in [0.1, 0.15) is 6.42 Å². The van der Waals surface area contributed by atoms with Gasteiger partial charge in [0, 0.05) is 33.0 Å². The Hall–Kier alpha value is -1.83. The molecule has 14 heavy (non-hydrogen) atoms.